The number of ether oxygens (including phenoxy) is 1. The Morgan fingerprint density at radius 2 is 2.06 bits per heavy atom. The summed E-state index contributed by atoms with van der Waals surface area (Å²) in [6, 6.07) is 4.35. The zero-order valence-corrected chi connectivity index (χ0v) is 9.27. The van der Waals surface area contributed by atoms with Crippen molar-refractivity contribution >= 4 is 11.6 Å². The second-order valence-electron chi connectivity index (χ2n) is 3.99. The molecule has 1 aromatic rings. The van der Waals surface area contributed by atoms with Gasteiger partial charge in [0.2, 0.25) is 0 Å². The third-order valence-electron chi connectivity index (χ3n) is 2.69. The van der Waals surface area contributed by atoms with Crippen LogP contribution < -0.4 is 4.74 Å². The first kappa shape index (κ1) is 11.6. The van der Waals surface area contributed by atoms with Crippen molar-refractivity contribution in [3.63, 3.8) is 0 Å². The predicted molar refractivity (Wildman–Crippen MR) is 54.6 cm³/mol. The van der Waals surface area contributed by atoms with Gasteiger partial charge in [-0.3, -0.25) is 0 Å². The summed E-state index contributed by atoms with van der Waals surface area (Å²) in [7, 11) is 0. The molecule has 1 aliphatic carbocycles. The van der Waals surface area contributed by atoms with E-state index >= 15 is 0 Å². The van der Waals surface area contributed by atoms with E-state index in [4.69, 9.17) is 11.6 Å². The molecule has 0 N–H and O–H groups in total. The third kappa shape index (κ3) is 2.26. The van der Waals surface area contributed by atoms with Crippen molar-refractivity contribution in [1.29, 1.82) is 0 Å². The minimum Gasteiger partial charge on any atom is -0.406 e. The van der Waals surface area contributed by atoms with Crippen LogP contribution in [0.25, 0.3) is 0 Å². The minimum atomic E-state index is -4.65. The van der Waals surface area contributed by atoms with E-state index in [9.17, 15) is 13.2 Å². The lowest BCUT2D eigenvalue weighted by atomic mass is 10.1. The maximum atomic E-state index is 12.0. The summed E-state index contributed by atoms with van der Waals surface area (Å²) in [5.41, 5.74) is 1.75. The Balaban J connectivity index is 2.27. The van der Waals surface area contributed by atoms with Gasteiger partial charge in [0.1, 0.15) is 5.75 Å². The minimum absolute atomic E-state index is 0.203. The zero-order valence-electron chi connectivity index (χ0n) is 8.51. The molecule has 1 nitrogen and oxygen atoms in total. The van der Waals surface area contributed by atoms with Crippen molar-refractivity contribution in [3.05, 3.63) is 29.3 Å². The number of fused-ring (bicyclic) bond motifs is 1. The van der Waals surface area contributed by atoms with Crippen LogP contribution in [0, 0.1) is 5.92 Å². The lowest BCUT2D eigenvalue weighted by molar-refractivity contribution is -0.274. The summed E-state index contributed by atoms with van der Waals surface area (Å²) in [5, 5.41) is -0.230. The molecule has 88 valence electrons. The highest BCUT2D eigenvalue weighted by atomic mass is 35.5. The molecule has 5 heteroatoms. The van der Waals surface area contributed by atoms with Crippen LogP contribution in [0.1, 0.15) is 23.4 Å². The smallest absolute Gasteiger partial charge is 0.406 e. The Hall–Kier alpha value is -0.900. The second kappa shape index (κ2) is 3.84. The van der Waals surface area contributed by atoms with Crippen molar-refractivity contribution in [2.75, 3.05) is 0 Å². The SMILES string of the molecule is CC1Cc2ccc(OC(F)(F)F)cc2C1Cl. The molecule has 0 radical (unpaired) electrons. The van der Waals surface area contributed by atoms with E-state index < -0.39 is 6.36 Å². The highest BCUT2D eigenvalue weighted by Crippen LogP contribution is 2.42. The second-order valence-corrected chi connectivity index (χ2v) is 4.46. The van der Waals surface area contributed by atoms with Gasteiger partial charge in [-0.1, -0.05) is 13.0 Å². The van der Waals surface area contributed by atoms with Crippen LogP contribution in [0.4, 0.5) is 13.2 Å². The average Bonchev–Trinajstić information content (AvgIpc) is 2.42. The Morgan fingerprint density at radius 1 is 1.38 bits per heavy atom. The zero-order chi connectivity index (χ0) is 11.9. The van der Waals surface area contributed by atoms with Gasteiger partial charge in [-0.15, -0.1) is 24.8 Å². The molecule has 0 aliphatic heterocycles. The van der Waals surface area contributed by atoms with E-state index in [0.717, 1.165) is 17.5 Å². The quantitative estimate of drug-likeness (QED) is 0.683. The van der Waals surface area contributed by atoms with Crippen molar-refractivity contribution in [2.45, 2.75) is 25.1 Å². The van der Waals surface area contributed by atoms with Crippen LogP contribution in [0.15, 0.2) is 18.2 Å². The molecular formula is C11H10ClF3O. The summed E-state index contributed by atoms with van der Waals surface area (Å²) in [4.78, 5) is 0. The number of rotatable bonds is 1. The van der Waals surface area contributed by atoms with Gasteiger partial charge in [-0.25, -0.2) is 0 Å². The topological polar surface area (TPSA) is 9.23 Å². The van der Waals surface area contributed by atoms with Gasteiger partial charge in [0.25, 0.3) is 0 Å². The number of hydrogen-bond acceptors (Lipinski definition) is 1. The molecule has 1 aromatic carbocycles. The van der Waals surface area contributed by atoms with E-state index in [1.54, 1.807) is 6.07 Å². The van der Waals surface area contributed by atoms with Gasteiger partial charge in [0, 0.05) is 0 Å². The summed E-state index contributed by atoms with van der Waals surface area (Å²) in [6.07, 6.45) is -3.85. The molecule has 2 atom stereocenters. The number of alkyl halides is 4. The van der Waals surface area contributed by atoms with E-state index in [0.29, 0.717) is 0 Å². The molecule has 2 unspecified atom stereocenters. The van der Waals surface area contributed by atoms with E-state index in [1.807, 2.05) is 6.92 Å². The fraction of sp³-hybridized carbons (Fsp3) is 0.455. The van der Waals surface area contributed by atoms with E-state index in [-0.39, 0.29) is 17.0 Å². The predicted octanol–water partition coefficient (Wildman–Crippen LogP) is 4.06. The highest BCUT2D eigenvalue weighted by molar-refractivity contribution is 6.21. The van der Waals surface area contributed by atoms with Crippen molar-refractivity contribution < 1.29 is 17.9 Å². The molecule has 1 aliphatic rings. The summed E-state index contributed by atoms with van der Waals surface area (Å²) in [6.45, 7) is 1.97. The third-order valence-corrected chi connectivity index (χ3v) is 3.35. The molecule has 0 heterocycles. The van der Waals surface area contributed by atoms with Crippen LogP contribution >= 0.6 is 11.6 Å². The summed E-state index contributed by atoms with van der Waals surface area (Å²) < 4.78 is 39.9. The van der Waals surface area contributed by atoms with Crippen LogP contribution in [-0.4, -0.2) is 6.36 Å². The first-order valence-corrected chi connectivity index (χ1v) is 5.33. The van der Waals surface area contributed by atoms with Gasteiger partial charge in [0.05, 0.1) is 5.38 Å². The van der Waals surface area contributed by atoms with Crippen LogP contribution in [0.3, 0.4) is 0 Å². The Morgan fingerprint density at radius 3 is 2.69 bits per heavy atom. The molecule has 0 bridgehead atoms. The molecular weight excluding hydrogens is 241 g/mol. The van der Waals surface area contributed by atoms with Crippen LogP contribution in [0.5, 0.6) is 5.75 Å². The normalized spacial score (nSPS) is 24.3. The highest BCUT2D eigenvalue weighted by Gasteiger charge is 2.33. The van der Waals surface area contributed by atoms with E-state index in [1.165, 1.54) is 12.1 Å². The first-order chi connectivity index (χ1) is 7.37. The number of hydrogen-bond donors (Lipinski definition) is 0. The maximum Gasteiger partial charge on any atom is 0.573 e. The summed E-state index contributed by atoms with van der Waals surface area (Å²) in [5.74, 6) is 0.0452. The largest absolute Gasteiger partial charge is 0.573 e. The number of halogens is 4. The standard InChI is InChI=1S/C11H10ClF3O/c1-6-4-7-2-3-8(16-11(13,14)15)5-9(7)10(6)12/h2-3,5-6,10H,4H2,1H3. The Kier molecular flexibility index (Phi) is 2.78. The van der Waals surface area contributed by atoms with Crippen molar-refractivity contribution in [1.82, 2.24) is 0 Å². The fourth-order valence-electron chi connectivity index (χ4n) is 1.97. The Bertz CT molecular complexity index is 403. The van der Waals surface area contributed by atoms with Crippen LogP contribution in [0.2, 0.25) is 0 Å². The molecule has 2 rings (SSSR count). The van der Waals surface area contributed by atoms with Gasteiger partial charge in [-0.2, -0.15) is 0 Å². The lowest BCUT2D eigenvalue weighted by Crippen LogP contribution is -2.17. The molecule has 0 spiro atoms. The van der Waals surface area contributed by atoms with E-state index in [2.05, 4.69) is 4.74 Å². The molecule has 0 aromatic heterocycles. The molecule has 0 fully saturated rings. The van der Waals surface area contributed by atoms with Crippen molar-refractivity contribution in [2.24, 2.45) is 5.92 Å². The van der Waals surface area contributed by atoms with Crippen LogP contribution in [-0.2, 0) is 6.42 Å². The Labute approximate surface area is 96.2 Å². The molecule has 0 amide bonds. The molecule has 0 saturated heterocycles. The van der Waals surface area contributed by atoms with Gasteiger partial charge in [-0.05, 0) is 35.6 Å². The van der Waals surface area contributed by atoms with Gasteiger partial charge in [0.15, 0.2) is 0 Å². The molecule has 16 heavy (non-hydrogen) atoms. The lowest BCUT2D eigenvalue weighted by Gasteiger charge is -2.11. The first-order valence-electron chi connectivity index (χ1n) is 4.89. The fourth-order valence-corrected chi connectivity index (χ4v) is 2.26. The number of benzene rings is 1. The van der Waals surface area contributed by atoms with Gasteiger partial charge < -0.3 is 4.74 Å². The maximum absolute atomic E-state index is 12.0. The van der Waals surface area contributed by atoms with Gasteiger partial charge >= 0.3 is 6.36 Å². The average molecular weight is 251 g/mol. The van der Waals surface area contributed by atoms with Crippen molar-refractivity contribution in [3.8, 4) is 5.75 Å². The molecule has 0 saturated carbocycles. The summed E-state index contributed by atoms with van der Waals surface area (Å²) >= 11 is 6.10. The monoisotopic (exact) mass is 250 g/mol.